The molecule has 188 valence electrons. The third-order valence-corrected chi connectivity index (χ3v) is 6.96. The van der Waals surface area contributed by atoms with Gasteiger partial charge in [0.15, 0.2) is 0 Å². The third kappa shape index (κ3) is 6.04. The maximum Gasteiger partial charge on any atom is 0.266 e. The molecule has 1 fully saturated rings. The van der Waals surface area contributed by atoms with E-state index in [9.17, 15) is 9.59 Å². The number of amides is 1. The van der Waals surface area contributed by atoms with E-state index in [1.54, 1.807) is 12.1 Å². The molecule has 5 rings (SSSR count). The van der Waals surface area contributed by atoms with Crippen molar-refractivity contribution in [3.05, 3.63) is 125 Å². The first kappa shape index (κ1) is 24.7. The van der Waals surface area contributed by atoms with Gasteiger partial charge in [0, 0.05) is 50.8 Å². The van der Waals surface area contributed by atoms with Gasteiger partial charge in [-0.1, -0.05) is 91.0 Å². The van der Waals surface area contributed by atoms with E-state index in [2.05, 4.69) is 58.5 Å². The van der Waals surface area contributed by atoms with Crippen molar-refractivity contribution in [1.29, 1.82) is 0 Å². The molecular weight excluding hydrogens is 460 g/mol. The van der Waals surface area contributed by atoms with E-state index in [4.69, 9.17) is 0 Å². The molecule has 1 aliphatic rings. The van der Waals surface area contributed by atoms with Crippen LogP contribution in [0.3, 0.4) is 0 Å². The molecule has 0 N–H and O–H groups in total. The largest absolute Gasteiger partial charge is 0.340 e. The van der Waals surface area contributed by atoms with Crippen LogP contribution in [0.25, 0.3) is 11.3 Å². The molecule has 2 heterocycles. The van der Waals surface area contributed by atoms with Crippen LogP contribution in [0.5, 0.6) is 0 Å². The molecule has 6 heteroatoms. The summed E-state index contributed by atoms with van der Waals surface area (Å²) in [6.45, 7) is 3.48. The zero-order valence-electron chi connectivity index (χ0n) is 20.9. The fourth-order valence-corrected chi connectivity index (χ4v) is 5.02. The second-order valence-electron chi connectivity index (χ2n) is 9.39. The molecule has 6 nitrogen and oxygen atoms in total. The predicted octanol–water partition coefficient (Wildman–Crippen LogP) is 4.62. The Morgan fingerprint density at radius 2 is 1.30 bits per heavy atom. The summed E-state index contributed by atoms with van der Waals surface area (Å²) in [5, 5.41) is 4.51. The molecule has 0 radical (unpaired) electrons. The van der Waals surface area contributed by atoms with Crippen LogP contribution in [0.1, 0.15) is 30.0 Å². The zero-order chi connectivity index (χ0) is 25.5. The van der Waals surface area contributed by atoms with Crippen molar-refractivity contribution in [2.75, 3.05) is 26.2 Å². The first-order valence-corrected chi connectivity index (χ1v) is 12.9. The summed E-state index contributed by atoms with van der Waals surface area (Å²) < 4.78 is 1.47. The summed E-state index contributed by atoms with van der Waals surface area (Å²) in [6.07, 6.45) is 0.991. The van der Waals surface area contributed by atoms with Gasteiger partial charge >= 0.3 is 0 Å². The normalized spacial score (nSPS) is 14.1. The lowest BCUT2D eigenvalue weighted by Gasteiger charge is -2.40. The molecule has 4 aromatic rings. The highest BCUT2D eigenvalue weighted by atomic mass is 16.2. The lowest BCUT2D eigenvalue weighted by atomic mass is 9.96. The number of hydrogen-bond donors (Lipinski definition) is 0. The monoisotopic (exact) mass is 492 g/mol. The Kier molecular flexibility index (Phi) is 7.87. The van der Waals surface area contributed by atoms with Crippen molar-refractivity contribution < 1.29 is 4.79 Å². The molecule has 0 aliphatic carbocycles. The van der Waals surface area contributed by atoms with Gasteiger partial charge < -0.3 is 4.90 Å². The SMILES string of the molecule is O=C(CCCn1nc(-c2ccccc2)ccc1=O)N1CCN(C(c2ccccc2)c2ccccc2)CC1. The van der Waals surface area contributed by atoms with Crippen LogP contribution < -0.4 is 5.56 Å². The number of nitrogens with zero attached hydrogens (tertiary/aromatic N) is 4. The van der Waals surface area contributed by atoms with Gasteiger partial charge in [-0.25, -0.2) is 4.68 Å². The van der Waals surface area contributed by atoms with Gasteiger partial charge in [-0.05, 0) is 23.6 Å². The van der Waals surface area contributed by atoms with Gasteiger partial charge in [0.1, 0.15) is 0 Å². The Balaban J connectivity index is 1.17. The van der Waals surface area contributed by atoms with Crippen LogP contribution in [0.4, 0.5) is 0 Å². The molecule has 1 aliphatic heterocycles. The highest BCUT2D eigenvalue weighted by Crippen LogP contribution is 2.29. The van der Waals surface area contributed by atoms with Crippen molar-refractivity contribution in [1.82, 2.24) is 19.6 Å². The molecule has 0 unspecified atom stereocenters. The molecule has 0 bridgehead atoms. The Labute approximate surface area is 217 Å². The van der Waals surface area contributed by atoms with Crippen LogP contribution >= 0.6 is 0 Å². The summed E-state index contributed by atoms with van der Waals surface area (Å²) in [6, 6.07) is 34.4. The summed E-state index contributed by atoms with van der Waals surface area (Å²) in [7, 11) is 0. The van der Waals surface area contributed by atoms with Crippen LogP contribution in [0, 0.1) is 0 Å². The number of aromatic nitrogens is 2. The van der Waals surface area contributed by atoms with E-state index in [0.717, 1.165) is 24.3 Å². The summed E-state index contributed by atoms with van der Waals surface area (Å²) in [5.41, 5.74) is 4.12. The van der Waals surface area contributed by atoms with E-state index in [0.29, 0.717) is 32.5 Å². The standard InChI is InChI=1S/C31H32N4O2/c36-29(17-10-20-35-30(37)19-18-28(32-35)25-11-4-1-5-12-25)33-21-23-34(24-22-33)31(26-13-6-2-7-14-26)27-15-8-3-9-16-27/h1-9,11-16,18-19,31H,10,17,20-24H2. The second kappa shape index (κ2) is 11.8. The van der Waals surface area contributed by atoms with Gasteiger partial charge in [0.05, 0.1) is 11.7 Å². The van der Waals surface area contributed by atoms with Crippen LogP contribution in [0.2, 0.25) is 0 Å². The minimum Gasteiger partial charge on any atom is -0.340 e. The van der Waals surface area contributed by atoms with Crippen molar-refractivity contribution in [2.24, 2.45) is 0 Å². The average Bonchev–Trinajstić information content (AvgIpc) is 2.96. The Hall–Kier alpha value is -4.03. The number of benzene rings is 3. The first-order chi connectivity index (χ1) is 18.2. The molecular formula is C31H32N4O2. The summed E-state index contributed by atoms with van der Waals surface area (Å²) in [4.78, 5) is 29.7. The van der Waals surface area contributed by atoms with Crippen LogP contribution in [-0.2, 0) is 11.3 Å². The predicted molar refractivity (Wildman–Crippen MR) is 146 cm³/mol. The van der Waals surface area contributed by atoms with E-state index in [1.165, 1.54) is 15.8 Å². The Morgan fingerprint density at radius 3 is 1.89 bits per heavy atom. The van der Waals surface area contributed by atoms with E-state index in [1.807, 2.05) is 47.4 Å². The van der Waals surface area contributed by atoms with Crippen molar-refractivity contribution in [2.45, 2.75) is 25.4 Å². The third-order valence-electron chi connectivity index (χ3n) is 6.96. The van der Waals surface area contributed by atoms with E-state index < -0.39 is 0 Å². The van der Waals surface area contributed by atoms with Gasteiger partial charge in [-0.15, -0.1) is 0 Å². The highest BCUT2D eigenvalue weighted by molar-refractivity contribution is 5.76. The topological polar surface area (TPSA) is 58.4 Å². The van der Waals surface area contributed by atoms with Gasteiger partial charge in [-0.2, -0.15) is 5.10 Å². The van der Waals surface area contributed by atoms with Gasteiger partial charge in [-0.3, -0.25) is 14.5 Å². The van der Waals surface area contributed by atoms with Crippen molar-refractivity contribution >= 4 is 5.91 Å². The minimum absolute atomic E-state index is 0.142. The molecule has 1 aromatic heterocycles. The fraction of sp³-hybridized carbons (Fsp3) is 0.258. The lowest BCUT2D eigenvalue weighted by Crippen LogP contribution is -2.49. The second-order valence-corrected chi connectivity index (χ2v) is 9.39. The quantitative estimate of drug-likeness (QED) is 0.360. The molecule has 0 saturated carbocycles. The van der Waals surface area contributed by atoms with E-state index in [-0.39, 0.29) is 17.5 Å². The Bertz CT molecular complexity index is 1310. The first-order valence-electron chi connectivity index (χ1n) is 12.9. The molecule has 3 aromatic carbocycles. The number of carbonyl (C=O) groups is 1. The van der Waals surface area contributed by atoms with Crippen LogP contribution in [0.15, 0.2) is 108 Å². The highest BCUT2D eigenvalue weighted by Gasteiger charge is 2.27. The molecule has 1 amide bonds. The summed E-state index contributed by atoms with van der Waals surface area (Å²) in [5.74, 6) is 0.142. The van der Waals surface area contributed by atoms with Crippen molar-refractivity contribution in [3.8, 4) is 11.3 Å². The maximum absolute atomic E-state index is 13.0. The number of piperazine rings is 1. The van der Waals surface area contributed by atoms with Gasteiger partial charge in [0.25, 0.3) is 5.56 Å². The van der Waals surface area contributed by atoms with Gasteiger partial charge in [0.2, 0.25) is 5.91 Å². The summed E-state index contributed by atoms with van der Waals surface area (Å²) >= 11 is 0. The molecule has 1 saturated heterocycles. The Morgan fingerprint density at radius 1 is 0.730 bits per heavy atom. The number of aryl methyl sites for hydroxylation is 1. The lowest BCUT2D eigenvalue weighted by molar-refractivity contribution is -0.133. The van der Waals surface area contributed by atoms with E-state index >= 15 is 0 Å². The molecule has 0 spiro atoms. The average molecular weight is 493 g/mol. The van der Waals surface area contributed by atoms with Crippen molar-refractivity contribution in [3.63, 3.8) is 0 Å². The smallest absolute Gasteiger partial charge is 0.266 e. The minimum atomic E-state index is -0.145. The number of carbonyl (C=O) groups excluding carboxylic acids is 1. The van der Waals surface area contributed by atoms with Crippen LogP contribution in [-0.4, -0.2) is 51.7 Å². The number of hydrogen-bond acceptors (Lipinski definition) is 4. The molecule has 37 heavy (non-hydrogen) atoms. The number of rotatable bonds is 8. The fourth-order valence-electron chi connectivity index (χ4n) is 5.02. The maximum atomic E-state index is 13.0. The zero-order valence-corrected chi connectivity index (χ0v) is 20.9. The molecule has 0 atom stereocenters.